The first kappa shape index (κ1) is 26.7. The Morgan fingerprint density at radius 1 is 1.12 bits per heavy atom. The summed E-state index contributed by atoms with van der Waals surface area (Å²) in [4.78, 5) is 34.9. The molecule has 10 nitrogen and oxygen atoms in total. The average molecular weight is 468 g/mol. The highest BCUT2D eigenvalue weighted by atomic mass is 16.7. The Morgan fingerprint density at radius 2 is 1.82 bits per heavy atom. The van der Waals surface area contributed by atoms with Crippen LogP contribution < -0.4 is 5.32 Å². The number of carboxylic acid groups (broad SMARTS) is 1. The van der Waals surface area contributed by atoms with Crippen LogP contribution in [0, 0.1) is 0 Å². The molecule has 1 aliphatic rings. The van der Waals surface area contributed by atoms with E-state index in [2.05, 4.69) is 5.32 Å². The molecule has 1 aromatic carbocycles. The smallest absolute Gasteiger partial charge is 0.306 e. The Hall–Kier alpha value is -2.53. The number of amides is 1. The van der Waals surface area contributed by atoms with Crippen LogP contribution in [0.15, 0.2) is 30.3 Å². The van der Waals surface area contributed by atoms with Crippen molar-refractivity contribution in [3.63, 3.8) is 0 Å². The van der Waals surface area contributed by atoms with Crippen LogP contribution in [0.4, 0.5) is 0 Å². The van der Waals surface area contributed by atoms with Crippen molar-refractivity contribution in [1.29, 1.82) is 0 Å². The number of rotatable bonds is 12. The van der Waals surface area contributed by atoms with Gasteiger partial charge in [0.2, 0.25) is 5.91 Å². The van der Waals surface area contributed by atoms with Crippen LogP contribution in [0.1, 0.15) is 57.6 Å². The fourth-order valence-corrected chi connectivity index (χ4v) is 3.31. The van der Waals surface area contributed by atoms with Gasteiger partial charge < -0.3 is 34.8 Å². The van der Waals surface area contributed by atoms with Crippen LogP contribution in [-0.4, -0.2) is 70.4 Å². The van der Waals surface area contributed by atoms with Gasteiger partial charge in [-0.15, -0.1) is 0 Å². The second-order valence-corrected chi connectivity index (χ2v) is 8.15. The van der Waals surface area contributed by atoms with E-state index in [9.17, 15) is 24.6 Å². The van der Waals surface area contributed by atoms with Gasteiger partial charge in [-0.1, -0.05) is 30.3 Å². The van der Waals surface area contributed by atoms with Crippen molar-refractivity contribution in [2.45, 2.75) is 82.8 Å². The third kappa shape index (κ3) is 9.47. The number of hydrogen-bond acceptors (Lipinski definition) is 8. The maximum atomic E-state index is 12.5. The van der Waals surface area contributed by atoms with Crippen molar-refractivity contribution < 1.29 is 43.9 Å². The predicted octanol–water partition coefficient (Wildman–Crippen LogP) is 1.29. The Bertz CT molecular complexity index is 772. The van der Waals surface area contributed by atoms with E-state index in [0.717, 1.165) is 0 Å². The van der Waals surface area contributed by atoms with Crippen LogP contribution in [0.5, 0.6) is 0 Å². The van der Waals surface area contributed by atoms with Crippen molar-refractivity contribution in [1.82, 2.24) is 5.32 Å². The topological polar surface area (TPSA) is 152 Å². The van der Waals surface area contributed by atoms with E-state index < -0.39 is 54.7 Å². The third-order valence-electron chi connectivity index (χ3n) is 5.30. The molecule has 6 atom stereocenters. The lowest BCUT2D eigenvalue weighted by Gasteiger charge is -2.36. The van der Waals surface area contributed by atoms with E-state index in [1.54, 1.807) is 38.1 Å². The molecule has 1 aromatic rings. The van der Waals surface area contributed by atoms with Crippen LogP contribution in [0.25, 0.3) is 0 Å². The first-order valence-corrected chi connectivity index (χ1v) is 11.1. The van der Waals surface area contributed by atoms with Crippen molar-refractivity contribution in [2.24, 2.45) is 0 Å². The molecule has 0 aromatic heterocycles. The molecule has 10 heteroatoms. The highest BCUT2D eigenvalue weighted by Gasteiger charge is 2.35. The van der Waals surface area contributed by atoms with E-state index in [4.69, 9.17) is 19.3 Å². The van der Waals surface area contributed by atoms with Crippen LogP contribution in [0.2, 0.25) is 0 Å². The molecule has 0 radical (unpaired) electrons. The SMILES string of the molecule is C[C@H](CCC(=O)O[C@H](CNC(=O)CCC(=O)O)c1ccccc1)O[C@@H]1O[C@@H](C)[C@H](O)C[C@H]1O. The van der Waals surface area contributed by atoms with Crippen molar-refractivity contribution >= 4 is 17.8 Å². The number of aliphatic carboxylic acids is 1. The van der Waals surface area contributed by atoms with Gasteiger partial charge in [0.25, 0.3) is 0 Å². The fourth-order valence-electron chi connectivity index (χ4n) is 3.31. The Kier molecular flexibility index (Phi) is 10.7. The first-order chi connectivity index (χ1) is 15.7. The van der Waals surface area contributed by atoms with Gasteiger partial charge in [0.05, 0.1) is 31.3 Å². The maximum Gasteiger partial charge on any atom is 0.306 e. The minimum atomic E-state index is -1.07. The Morgan fingerprint density at radius 3 is 2.48 bits per heavy atom. The monoisotopic (exact) mass is 467 g/mol. The molecule has 1 heterocycles. The lowest BCUT2D eigenvalue weighted by Crippen LogP contribution is -2.48. The van der Waals surface area contributed by atoms with Crippen molar-refractivity contribution in [3.05, 3.63) is 35.9 Å². The van der Waals surface area contributed by atoms with E-state index >= 15 is 0 Å². The number of aliphatic hydroxyl groups is 2. The summed E-state index contributed by atoms with van der Waals surface area (Å²) >= 11 is 0. The molecule has 2 rings (SSSR count). The molecule has 0 aliphatic carbocycles. The van der Waals surface area contributed by atoms with Gasteiger partial charge in [0, 0.05) is 19.3 Å². The first-order valence-electron chi connectivity index (χ1n) is 11.1. The van der Waals surface area contributed by atoms with Crippen molar-refractivity contribution in [3.8, 4) is 0 Å². The van der Waals surface area contributed by atoms with E-state index in [-0.39, 0.29) is 32.2 Å². The highest BCUT2D eigenvalue weighted by Crippen LogP contribution is 2.23. The van der Waals surface area contributed by atoms with Crippen molar-refractivity contribution in [2.75, 3.05) is 6.54 Å². The number of esters is 1. The standard InChI is InChI=1S/C23H33NO9/c1-14(31-23-18(26)12-17(25)15(2)32-23)8-11-22(30)33-19(16-6-4-3-5-7-16)13-24-20(27)9-10-21(28)29/h3-7,14-15,17-19,23,25-26H,8-13H2,1-2H3,(H,24,27)(H,28,29)/t14-,15+,17-,18-,19-,23-/m1/s1. The summed E-state index contributed by atoms with van der Waals surface area (Å²) in [6.45, 7) is 3.46. The number of aliphatic hydroxyl groups excluding tert-OH is 2. The number of carbonyl (C=O) groups excluding carboxylic acids is 2. The summed E-state index contributed by atoms with van der Waals surface area (Å²) in [5.74, 6) is -2.00. The minimum absolute atomic E-state index is 0.0164. The summed E-state index contributed by atoms with van der Waals surface area (Å²) in [6, 6.07) is 8.92. The molecule has 1 amide bonds. The van der Waals surface area contributed by atoms with Gasteiger partial charge in [-0.3, -0.25) is 14.4 Å². The number of ether oxygens (including phenoxy) is 3. The van der Waals surface area contributed by atoms with Crippen LogP contribution in [-0.2, 0) is 28.6 Å². The third-order valence-corrected chi connectivity index (χ3v) is 5.30. The predicted molar refractivity (Wildman–Crippen MR) is 116 cm³/mol. The highest BCUT2D eigenvalue weighted by molar-refractivity contribution is 5.80. The molecule has 1 saturated heterocycles. The largest absolute Gasteiger partial charge is 0.481 e. The molecule has 1 aliphatic heterocycles. The van der Waals surface area contributed by atoms with E-state index in [1.165, 1.54) is 0 Å². The molecule has 0 spiro atoms. The van der Waals surface area contributed by atoms with Gasteiger partial charge >= 0.3 is 11.9 Å². The summed E-state index contributed by atoms with van der Waals surface area (Å²) in [6.07, 6.45) is -4.14. The molecule has 4 N–H and O–H groups in total. The fraction of sp³-hybridized carbons (Fsp3) is 0.609. The molecular weight excluding hydrogens is 434 g/mol. The number of carboxylic acids is 1. The summed E-state index contributed by atoms with van der Waals surface area (Å²) in [5.41, 5.74) is 0.694. The van der Waals surface area contributed by atoms with Gasteiger partial charge in [-0.05, 0) is 25.8 Å². The van der Waals surface area contributed by atoms with Gasteiger partial charge in [0.15, 0.2) is 6.29 Å². The zero-order chi connectivity index (χ0) is 24.4. The lowest BCUT2D eigenvalue weighted by molar-refractivity contribution is -0.273. The quantitative estimate of drug-likeness (QED) is 0.333. The molecule has 33 heavy (non-hydrogen) atoms. The maximum absolute atomic E-state index is 12.5. The summed E-state index contributed by atoms with van der Waals surface area (Å²) in [5, 5.41) is 31.1. The summed E-state index contributed by atoms with van der Waals surface area (Å²) in [7, 11) is 0. The van der Waals surface area contributed by atoms with Crippen LogP contribution >= 0.6 is 0 Å². The zero-order valence-corrected chi connectivity index (χ0v) is 18.9. The Balaban J connectivity index is 1.84. The van der Waals surface area contributed by atoms with Gasteiger partial charge in [-0.25, -0.2) is 0 Å². The zero-order valence-electron chi connectivity index (χ0n) is 18.9. The molecular formula is C23H33NO9. The van der Waals surface area contributed by atoms with E-state index in [1.807, 2.05) is 6.07 Å². The number of nitrogens with one attached hydrogen (secondary N) is 1. The lowest BCUT2D eigenvalue weighted by atomic mass is 10.0. The molecule has 0 bridgehead atoms. The minimum Gasteiger partial charge on any atom is -0.481 e. The van der Waals surface area contributed by atoms with Gasteiger partial charge in [-0.2, -0.15) is 0 Å². The average Bonchev–Trinajstić information content (AvgIpc) is 2.78. The second-order valence-electron chi connectivity index (χ2n) is 8.15. The molecule has 1 fully saturated rings. The van der Waals surface area contributed by atoms with E-state index in [0.29, 0.717) is 12.0 Å². The number of carbonyl (C=O) groups is 3. The van der Waals surface area contributed by atoms with Gasteiger partial charge in [0.1, 0.15) is 12.2 Å². The number of hydrogen-bond donors (Lipinski definition) is 4. The molecule has 0 unspecified atom stereocenters. The number of benzene rings is 1. The van der Waals surface area contributed by atoms with Crippen LogP contribution in [0.3, 0.4) is 0 Å². The second kappa shape index (κ2) is 13.2. The normalized spacial score (nSPS) is 24.5. The summed E-state index contributed by atoms with van der Waals surface area (Å²) < 4.78 is 16.7. The molecule has 184 valence electrons. The molecule has 0 saturated carbocycles. The Labute approximate surface area is 192 Å².